The van der Waals surface area contributed by atoms with Gasteiger partial charge >= 0.3 is 0 Å². The highest BCUT2D eigenvalue weighted by Gasteiger charge is 2.10. The third-order valence-corrected chi connectivity index (χ3v) is 2.51. The van der Waals surface area contributed by atoms with Crippen LogP contribution in [-0.2, 0) is 0 Å². The summed E-state index contributed by atoms with van der Waals surface area (Å²) in [6.45, 7) is 1.70. The molecule has 0 atom stereocenters. The molecule has 0 spiro atoms. The van der Waals surface area contributed by atoms with Gasteiger partial charge in [-0.05, 0) is 31.2 Å². The smallest absolute Gasteiger partial charge is 0.288 e. The van der Waals surface area contributed by atoms with Crippen LogP contribution in [0.2, 0.25) is 5.02 Å². The van der Waals surface area contributed by atoms with Crippen LogP contribution >= 0.6 is 11.6 Å². The molecular formula is C12H9ClN2O3. The largest absolute Gasteiger partial charge is 0.439 e. The summed E-state index contributed by atoms with van der Waals surface area (Å²) in [6.07, 6.45) is 1.16. The first-order valence-corrected chi connectivity index (χ1v) is 5.48. The Morgan fingerprint density at radius 3 is 2.56 bits per heavy atom. The van der Waals surface area contributed by atoms with Gasteiger partial charge < -0.3 is 4.74 Å². The van der Waals surface area contributed by atoms with Gasteiger partial charge in [-0.15, -0.1) is 0 Å². The van der Waals surface area contributed by atoms with E-state index in [1.165, 1.54) is 6.07 Å². The van der Waals surface area contributed by atoms with E-state index in [0.717, 1.165) is 6.20 Å². The van der Waals surface area contributed by atoms with Crippen LogP contribution in [0.1, 0.15) is 5.56 Å². The Hall–Kier alpha value is -2.14. The predicted molar refractivity (Wildman–Crippen MR) is 67.2 cm³/mol. The molecule has 0 radical (unpaired) electrons. The first-order chi connectivity index (χ1) is 8.56. The van der Waals surface area contributed by atoms with E-state index in [4.69, 9.17) is 16.3 Å². The zero-order valence-corrected chi connectivity index (χ0v) is 10.2. The summed E-state index contributed by atoms with van der Waals surface area (Å²) in [5.74, 6) is 0.909. The van der Waals surface area contributed by atoms with Gasteiger partial charge in [-0.2, -0.15) is 0 Å². The van der Waals surface area contributed by atoms with Crippen molar-refractivity contribution >= 4 is 17.3 Å². The first kappa shape index (κ1) is 12.3. The third kappa shape index (κ3) is 2.75. The lowest BCUT2D eigenvalue weighted by Gasteiger charge is -2.06. The van der Waals surface area contributed by atoms with Gasteiger partial charge in [-0.3, -0.25) is 10.1 Å². The van der Waals surface area contributed by atoms with Gasteiger partial charge in [0.15, 0.2) is 0 Å². The lowest BCUT2D eigenvalue weighted by molar-refractivity contribution is -0.385. The maximum atomic E-state index is 10.6. The molecule has 0 unspecified atom stereocenters. The molecule has 18 heavy (non-hydrogen) atoms. The molecule has 5 nitrogen and oxygen atoms in total. The second-order valence-corrected chi connectivity index (χ2v) is 4.07. The lowest BCUT2D eigenvalue weighted by Crippen LogP contribution is -1.94. The molecular weight excluding hydrogens is 256 g/mol. The highest BCUT2D eigenvalue weighted by molar-refractivity contribution is 6.30. The highest BCUT2D eigenvalue weighted by atomic mass is 35.5. The Labute approximate surface area is 108 Å². The Balaban J connectivity index is 2.24. The molecule has 0 aliphatic heterocycles. The van der Waals surface area contributed by atoms with Crippen molar-refractivity contribution in [1.29, 1.82) is 0 Å². The third-order valence-electron chi connectivity index (χ3n) is 2.25. The number of rotatable bonds is 3. The molecule has 1 aromatic heterocycles. The summed E-state index contributed by atoms with van der Waals surface area (Å²) in [5, 5.41) is 11.2. The van der Waals surface area contributed by atoms with Crippen LogP contribution in [0.4, 0.5) is 5.69 Å². The van der Waals surface area contributed by atoms with E-state index in [2.05, 4.69) is 4.98 Å². The molecule has 2 aromatic rings. The maximum absolute atomic E-state index is 10.6. The topological polar surface area (TPSA) is 65.3 Å². The average Bonchev–Trinajstić information content (AvgIpc) is 2.34. The molecule has 6 heteroatoms. The molecule has 0 fully saturated rings. The Morgan fingerprint density at radius 2 is 2.00 bits per heavy atom. The lowest BCUT2D eigenvalue weighted by atomic mass is 10.3. The van der Waals surface area contributed by atoms with Crippen LogP contribution in [0.5, 0.6) is 11.6 Å². The summed E-state index contributed by atoms with van der Waals surface area (Å²) in [4.78, 5) is 14.0. The van der Waals surface area contributed by atoms with Crippen molar-refractivity contribution in [2.45, 2.75) is 6.92 Å². The molecule has 0 aliphatic rings. The number of aromatic nitrogens is 1. The molecule has 1 aromatic carbocycles. The molecule has 1 heterocycles. The molecule has 0 N–H and O–H groups in total. The second kappa shape index (κ2) is 5.01. The maximum Gasteiger partial charge on any atom is 0.288 e. The van der Waals surface area contributed by atoms with Gasteiger partial charge in [0.25, 0.3) is 5.69 Å². The number of nitro groups is 1. The summed E-state index contributed by atoms with van der Waals surface area (Å²) < 4.78 is 5.51. The van der Waals surface area contributed by atoms with Crippen LogP contribution in [0.3, 0.4) is 0 Å². The number of ether oxygens (including phenoxy) is 1. The van der Waals surface area contributed by atoms with Crippen molar-refractivity contribution in [2.75, 3.05) is 0 Å². The molecule has 0 saturated heterocycles. The summed E-state index contributed by atoms with van der Waals surface area (Å²) in [7, 11) is 0. The van der Waals surface area contributed by atoms with Gasteiger partial charge in [-0.25, -0.2) is 4.98 Å². The molecule has 92 valence electrons. The van der Waals surface area contributed by atoms with Crippen LogP contribution in [-0.4, -0.2) is 9.91 Å². The number of hydrogen-bond acceptors (Lipinski definition) is 4. The minimum atomic E-state index is -0.494. The minimum Gasteiger partial charge on any atom is -0.439 e. The van der Waals surface area contributed by atoms with Gasteiger partial charge in [0.2, 0.25) is 5.88 Å². The molecule has 2 rings (SSSR count). The highest BCUT2D eigenvalue weighted by Crippen LogP contribution is 2.26. The molecule has 0 bridgehead atoms. The van der Waals surface area contributed by atoms with Gasteiger partial charge in [0.1, 0.15) is 11.9 Å². The molecule has 0 saturated carbocycles. The van der Waals surface area contributed by atoms with E-state index in [0.29, 0.717) is 22.2 Å². The number of pyridine rings is 1. The number of nitrogens with zero attached hydrogens (tertiary/aromatic N) is 2. The van der Waals surface area contributed by atoms with Crippen molar-refractivity contribution in [2.24, 2.45) is 0 Å². The van der Waals surface area contributed by atoms with Crippen molar-refractivity contribution in [3.8, 4) is 11.6 Å². The molecule has 0 aliphatic carbocycles. The van der Waals surface area contributed by atoms with E-state index in [-0.39, 0.29) is 5.69 Å². The normalized spacial score (nSPS) is 10.1. The van der Waals surface area contributed by atoms with Gasteiger partial charge in [0.05, 0.1) is 4.92 Å². The standard InChI is InChI=1S/C12H9ClN2O3/c1-8-6-10(15(16)17)7-14-12(8)18-11-4-2-9(13)3-5-11/h2-7H,1H3. The zero-order chi connectivity index (χ0) is 13.1. The summed E-state index contributed by atoms with van der Waals surface area (Å²) >= 11 is 5.76. The SMILES string of the molecule is Cc1cc([N+](=O)[O-])cnc1Oc1ccc(Cl)cc1. The average molecular weight is 265 g/mol. The fourth-order valence-electron chi connectivity index (χ4n) is 1.37. The Kier molecular flexibility index (Phi) is 3.43. The number of benzene rings is 1. The quantitative estimate of drug-likeness (QED) is 0.626. The van der Waals surface area contributed by atoms with E-state index >= 15 is 0 Å². The Bertz CT molecular complexity index is 584. The van der Waals surface area contributed by atoms with Crippen molar-refractivity contribution in [1.82, 2.24) is 4.98 Å². The number of aryl methyl sites for hydroxylation is 1. The van der Waals surface area contributed by atoms with Crippen molar-refractivity contribution in [3.63, 3.8) is 0 Å². The van der Waals surface area contributed by atoms with Gasteiger partial charge in [-0.1, -0.05) is 11.6 Å². The number of halogens is 1. The van der Waals surface area contributed by atoms with E-state index < -0.39 is 4.92 Å². The minimum absolute atomic E-state index is 0.0593. The Morgan fingerprint density at radius 1 is 1.33 bits per heavy atom. The molecule has 0 amide bonds. The van der Waals surface area contributed by atoms with Crippen LogP contribution in [0.25, 0.3) is 0 Å². The van der Waals surface area contributed by atoms with E-state index in [1.807, 2.05) is 0 Å². The fourth-order valence-corrected chi connectivity index (χ4v) is 1.49. The summed E-state index contributed by atoms with van der Waals surface area (Å²) in [6, 6.07) is 8.20. The monoisotopic (exact) mass is 264 g/mol. The summed E-state index contributed by atoms with van der Waals surface area (Å²) in [5.41, 5.74) is 0.537. The fraction of sp³-hybridized carbons (Fsp3) is 0.0833. The van der Waals surface area contributed by atoms with E-state index in [1.54, 1.807) is 31.2 Å². The zero-order valence-electron chi connectivity index (χ0n) is 9.46. The van der Waals surface area contributed by atoms with E-state index in [9.17, 15) is 10.1 Å². The van der Waals surface area contributed by atoms with Crippen molar-refractivity contribution < 1.29 is 9.66 Å². The van der Waals surface area contributed by atoms with Crippen molar-refractivity contribution in [3.05, 3.63) is 57.2 Å². The van der Waals surface area contributed by atoms with Crippen LogP contribution in [0.15, 0.2) is 36.5 Å². The predicted octanol–water partition coefficient (Wildman–Crippen LogP) is 3.74. The number of hydrogen-bond donors (Lipinski definition) is 0. The van der Waals surface area contributed by atoms with Gasteiger partial charge in [0, 0.05) is 16.7 Å². The first-order valence-electron chi connectivity index (χ1n) is 5.11. The second-order valence-electron chi connectivity index (χ2n) is 3.63. The van der Waals surface area contributed by atoms with Crippen LogP contribution in [0, 0.1) is 17.0 Å². The van der Waals surface area contributed by atoms with Crippen LogP contribution < -0.4 is 4.74 Å².